The molecule has 0 saturated carbocycles. The molecule has 0 fully saturated rings. The molecule has 0 bridgehead atoms. The molecule has 0 aliphatic carbocycles. The number of hydrogen-bond acceptors (Lipinski definition) is 3. The van der Waals surface area contributed by atoms with E-state index in [0.29, 0.717) is 12.5 Å². The van der Waals surface area contributed by atoms with Gasteiger partial charge < -0.3 is 10.1 Å². The van der Waals surface area contributed by atoms with E-state index in [4.69, 9.17) is 4.74 Å². The van der Waals surface area contributed by atoms with Crippen molar-refractivity contribution >= 4 is 0 Å². The van der Waals surface area contributed by atoms with Crippen LogP contribution in [0, 0.1) is 12.8 Å². The zero-order valence-corrected chi connectivity index (χ0v) is 13.1. The molecule has 2 aromatic rings. The summed E-state index contributed by atoms with van der Waals surface area (Å²) in [7, 11) is 0. The second-order valence-corrected chi connectivity index (χ2v) is 5.73. The highest BCUT2D eigenvalue weighted by Crippen LogP contribution is 2.15. The highest BCUT2D eigenvalue weighted by atomic mass is 16.5. The summed E-state index contributed by atoms with van der Waals surface area (Å²) in [6.45, 7) is 8.81. The lowest BCUT2D eigenvalue weighted by atomic mass is 10.2. The molecule has 2 rings (SSSR count). The average molecular weight is 284 g/mol. The normalized spacial score (nSPS) is 10.9. The Balaban J connectivity index is 1.88. The monoisotopic (exact) mass is 284 g/mol. The first-order valence-electron chi connectivity index (χ1n) is 7.48. The summed E-state index contributed by atoms with van der Waals surface area (Å²) in [5.41, 5.74) is 3.21. The molecule has 0 aliphatic heterocycles. The first-order valence-corrected chi connectivity index (χ1v) is 7.48. The maximum atomic E-state index is 5.82. The van der Waals surface area contributed by atoms with Gasteiger partial charge in [-0.05, 0) is 49.2 Å². The molecule has 3 nitrogen and oxygen atoms in total. The molecule has 0 saturated heterocycles. The first kappa shape index (κ1) is 15.5. The molecule has 0 unspecified atom stereocenters. The minimum Gasteiger partial charge on any atom is -0.487 e. The van der Waals surface area contributed by atoms with Crippen LogP contribution in [-0.4, -0.2) is 11.5 Å². The van der Waals surface area contributed by atoms with Crippen molar-refractivity contribution in [3.05, 3.63) is 59.4 Å². The topological polar surface area (TPSA) is 34.1 Å². The zero-order chi connectivity index (χ0) is 15.1. The highest BCUT2D eigenvalue weighted by molar-refractivity contribution is 5.28. The smallest absolute Gasteiger partial charge is 0.130 e. The quantitative estimate of drug-likeness (QED) is 0.841. The van der Waals surface area contributed by atoms with Crippen molar-refractivity contribution < 1.29 is 4.74 Å². The van der Waals surface area contributed by atoms with Crippen LogP contribution < -0.4 is 10.1 Å². The third-order valence-electron chi connectivity index (χ3n) is 3.11. The van der Waals surface area contributed by atoms with Gasteiger partial charge in [-0.3, -0.25) is 4.98 Å². The van der Waals surface area contributed by atoms with Crippen LogP contribution in [0.5, 0.6) is 5.75 Å². The van der Waals surface area contributed by atoms with Crippen molar-refractivity contribution in [2.45, 2.75) is 33.9 Å². The number of nitrogens with one attached hydrogen (secondary N) is 1. The van der Waals surface area contributed by atoms with E-state index in [-0.39, 0.29) is 0 Å². The molecule has 1 aromatic heterocycles. The molecule has 112 valence electrons. The number of ether oxygens (including phenoxy) is 1. The van der Waals surface area contributed by atoms with Crippen LogP contribution in [0.1, 0.15) is 30.8 Å². The molecule has 3 heteroatoms. The molecule has 1 heterocycles. The summed E-state index contributed by atoms with van der Waals surface area (Å²) in [6, 6.07) is 14.2. The Bertz CT molecular complexity index is 567. The van der Waals surface area contributed by atoms with Gasteiger partial charge in [0, 0.05) is 12.2 Å². The van der Waals surface area contributed by atoms with Crippen molar-refractivity contribution in [3.63, 3.8) is 0 Å². The van der Waals surface area contributed by atoms with Crippen molar-refractivity contribution in [1.82, 2.24) is 10.3 Å². The third-order valence-corrected chi connectivity index (χ3v) is 3.11. The Morgan fingerprint density at radius 3 is 2.71 bits per heavy atom. The van der Waals surface area contributed by atoms with E-state index in [9.17, 15) is 0 Å². The van der Waals surface area contributed by atoms with Crippen molar-refractivity contribution in [3.8, 4) is 5.75 Å². The molecule has 0 atom stereocenters. The summed E-state index contributed by atoms with van der Waals surface area (Å²) < 4.78 is 5.82. The minimum absolute atomic E-state index is 0.505. The van der Waals surface area contributed by atoms with E-state index < -0.39 is 0 Å². The van der Waals surface area contributed by atoms with Crippen LogP contribution in [0.25, 0.3) is 0 Å². The van der Waals surface area contributed by atoms with Crippen molar-refractivity contribution in [2.75, 3.05) is 6.54 Å². The minimum atomic E-state index is 0.505. The Morgan fingerprint density at radius 1 is 1.14 bits per heavy atom. The van der Waals surface area contributed by atoms with Crippen LogP contribution in [0.4, 0.5) is 0 Å². The van der Waals surface area contributed by atoms with Gasteiger partial charge in [0.15, 0.2) is 0 Å². The van der Waals surface area contributed by atoms with Gasteiger partial charge in [0.05, 0.1) is 5.69 Å². The third kappa shape index (κ3) is 5.56. The lowest BCUT2D eigenvalue weighted by molar-refractivity contribution is 0.300. The van der Waals surface area contributed by atoms with Gasteiger partial charge in [0.2, 0.25) is 0 Å². The summed E-state index contributed by atoms with van der Waals surface area (Å²) in [4.78, 5) is 4.44. The number of pyridine rings is 1. The largest absolute Gasteiger partial charge is 0.487 e. The molecule has 1 aromatic carbocycles. The van der Waals surface area contributed by atoms with E-state index >= 15 is 0 Å². The van der Waals surface area contributed by atoms with Gasteiger partial charge in [0.25, 0.3) is 0 Å². The van der Waals surface area contributed by atoms with Crippen LogP contribution in [0.15, 0.2) is 42.5 Å². The Kier molecular flexibility index (Phi) is 5.76. The average Bonchev–Trinajstić information content (AvgIpc) is 2.45. The summed E-state index contributed by atoms with van der Waals surface area (Å²) >= 11 is 0. The van der Waals surface area contributed by atoms with E-state index in [2.05, 4.69) is 36.3 Å². The van der Waals surface area contributed by atoms with Crippen LogP contribution in [0.2, 0.25) is 0 Å². The number of rotatable bonds is 7. The Morgan fingerprint density at radius 2 is 1.95 bits per heavy atom. The summed E-state index contributed by atoms with van der Waals surface area (Å²) in [6.07, 6.45) is 0. The zero-order valence-electron chi connectivity index (χ0n) is 13.1. The van der Waals surface area contributed by atoms with Crippen LogP contribution in [-0.2, 0) is 13.2 Å². The van der Waals surface area contributed by atoms with E-state index in [1.807, 2.05) is 37.3 Å². The fourth-order valence-corrected chi connectivity index (χ4v) is 2.09. The number of nitrogens with zero attached hydrogens (tertiary/aromatic N) is 1. The second kappa shape index (κ2) is 7.79. The van der Waals surface area contributed by atoms with Gasteiger partial charge in [0.1, 0.15) is 12.4 Å². The van der Waals surface area contributed by atoms with Gasteiger partial charge in [-0.1, -0.05) is 32.0 Å². The van der Waals surface area contributed by atoms with E-state index in [0.717, 1.165) is 30.2 Å². The number of benzene rings is 1. The summed E-state index contributed by atoms with van der Waals surface area (Å²) in [5, 5.41) is 3.44. The number of aryl methyl sites for hydroxylation is 1. The summed E-state index contributed by atoms with van der Waals surface area (Å²) in [5.74, 6) is 1.55. The number of hydrogen-bond donors (Lipinski definition) is 1. The first-order chi connectivity index (χ1) is 10.1. The molecule has 0 aliphatic rings. The van der Waals surface area contributed by atoms with Crippen LogP contribution >= 0.6 is 0 Å². The molecule has 0 spiro atoms. The van der Waals surface area contributed by atoms with Gasteiger partial charge >= 0.3 is 0 Å². The van der Waals surface area contributed by atoms with Crippen molar-refractivity contribution in [1.29, 1.82) is 0 Å². The predicted octanol–water partition coefficient (Wildman–Crippen LogP) is 3.71. The van der Waals surface area contributed by atoms with Gasteiger partial charge in [-0.15, -0.1) is 0 Å². The van der Waals surface area contributed by atoms with Gasteiger partial charge in [-0.25, -0.2) is 0 Å². The maximum Gasteiger partial charge on any atom is 0.130 e. The SMILES string of the molecule is Cc1cccc(COc2cccc(CNCC(C)C)c2)n1. The maximum absolute atomic E-state index is 5.82. The van der Waals surface area contributed by atoms with Crippen LogP contribution in [0.3, 0.4) is 0 Å². The molecule has 0 amide bonds. The van der Waals surface area contributed by atoms with E-state index in [1.165, 1.54) is 5.56 Å². The number of aromatic nitrogens is 1. The Labute approximate surface area is 127 Å². The molecule has 1 N–H and O–H groups in total. The molecule has 0 radical (unpaired) electrons. The Hall–Kier alpha value is -1.87. The van der Waals surface area contributed by atoms with Gasteiger partial charge in [-0.2, -0.15) is 0 Å². The fraction of sp³-hybridized carbons (Fsp3) is 0.389. The molecule has 21 heavy (non-hydrogen) atoms. The predicted molar refractivity (Wildman–Crippen MR) is 86.3 cm³/mol. The highest BCUT2D eigenvalue weighted by Gasteiger charge is 2.00. The van der Waals surface area contributed by atoms with E-state index in [1.54, 1.807) is 0 Å². The lowest BCUT2D eigenvalue weighted by Gasteiger charge is -2.10. The second-order valence-electron chi connectivity index (χ2n) is 5.73. The standard InChI is InChI=1S/C18H24N2O/c1-14(2)11-19-12-16-7-5-9-18(10-16)21-13-17-8-4-6-15(3)20-17/h4-10,14,19H,11-13H2,1-3H3. The fourth-order valence-electron chi connectivity index (χ4n) is 2.09. The molecular formula is C18H24N2O. The van der Waals surface area contributed by atoms with Crippen molar-refractivity contribution in [2.24, 2.45) is 5.92 Å². The molecular weight excluding hydrogens is 260 g/mol. The lowest BCUT2D eigenvalue weighted by Crippen LogP contribution is -2.18.